The Balaban J connectivity index is 1.89. The van der Waals surface area contributed by atoms with Crippen LogP contribution in [0.25, 0.3) is 6.08 Å². The Morgan fingerprint density at radius 1 is 0.967 bits per heavy atom. The number of cyclic esters (lactones) is 1. The van der Waals surface area contributed by atoms with Gasteiger partial charge in [0, 0.05) is 11.6 Å². The minimum absolute atomic E-state index is 0.185. The molecule has 0 unspecified atom stereocenters. The highest BCUT2D eigenvalue weighted by Gasteiger charge is 2.25. The van der Waals surface area contributed by atoms with E-state index in [1.807, 2.05) is 12.1 Å². The van der Waals surface area contributed by atoms with Crippen molar-refractivity contribution in [2.45, 2.75) is 13.8 Å². The van der Waals surface area contributed by atoms with Crippen LogP contribution >= 0.6 is 0 Å². The lowest BCUT2D eigenvalue weighted by atomic mass is 10.1. The van der Waals surface area contributed by atoms with Crippen molar-refractivity contribution < 1.29 is 28.5 Å². The van der Waals surface area contributed by atoms with Crippen LogP contribution in [0.3, 0.4) is 0 Å². The normalized spacial score (nSPS) is 14.5. The summed E-state index contributed by atoms with van der Waals surface area (Å²) in [4.78, 5) is 16.7. The van der Waals surface area contributed by atoms with E-state index >= 15 is 0 Å². The second-order valence-corrected chi connectivity index (χ2v) is 7.05. The third-order valence-corrected chi connectivity index (χ3v) is 4.28. The summed E-state index contributed by atoms with van der Waals surface area (Å²) in [7, 11) is 4.67. The maximum atomic E-state index is 12.3. The van der Waals surface area contributed by atoms with Crippen LogP contribution in [0.2, 0.25) is 0 Å². The summed E-state index contributed by atoms with van der Waals surface area (Å²) in [5, 5.41) is 0. The number of benzene rings is 2. The van der Waals surface area contributed by atoms with Crippen LogP contribution in [0, 0.1) is 5.92 Å². The van der Waals surface area contributed by atoms with E-state index in [0.717, 1.165) is 5.56 Å². The molecule has 0 atom stereocenters. The predicted octanol–water partition coefficient (Wildman–Crippen LogP) is 4.09. The first kappa shape index (κ1) is 21.2. The van der Waals surface area contributed by atoms with E-state index in [4.69, 9.17) is 23.7 Å². The maximum absolute atomic E-state index is 12.3. The van der Waals surface area contributed by atoms with Crippen molar-refractivity contribution in [3.8, 4) is 23.0 Å². The highest BCUT2D eigenvalue weighted by molar-refractivity contribution is 6.13. The van der Waals surface area contributed by atoms with Crippen LogP contribution in [0.5, 0.6) is 23.0 Å². The molecule has 0 saturated carbocycles. The number of hydrogen-bond acceptors (Lipinski definition) is 7. The van der Waals surface area contributed by atoms with Crippen molar-refractivity contribution in [1.82, 2.24) is 0 Å². The van der Waals surface area contributed by atoms with Gasteiger partial charge in [0.25, 0.3) is 0 Å². The first-order valence-electron chi connectivity index (χ1n) is 9.50. The molecule has 7 nitrogen and oxygen atoms in total. The van der Waals surface area contributed by atoms with Gasteiger partial charge in [0.15, 0.2) is 17.2 Å². The minimum Gasteiger partial charge on any atom is -0.497 e. The Morgan fingerprint density at radius 2 is 1.67 bits per heavy atom. The average Bonchev–Trinajstić information content (AvgIpc) is 3.12. The quantitative estimate of drug-likeness (QED) is 0.481. The number of hydrogen-bond donors (Lipinski definition) is 0. The van der Waals surface area contributed by atoms with Crippen LogP contribution in [0.4, 0.5) is 0 Å². The van der Waals surface area contributed by atoms with Crippen LogP contribution in [0.1, 0.15) is 25.0 Å². The molecule has 0 radical (unpaired) electrons. The van der Waals surface area contributed by atoms with Crippen molar-refractivity contribution in [3.63, 3.8) is 0 Å². The van der Waals surface area contributed by atoms with E-state index in [1.165, 1.54) is 0 Å². The summed E-state index contributed by atoms with van der Waals surface area (Å²) in [6.07, 6.45) is 1.64. The standard InChI is InChI=1S/C23H25NO6/c1-14(2)13-29-20-7-6-15(9-21(20)28-5)8-19-23(25)30-22(24-19)16-10-17(26-3)12-18(11-16)27-4/h6-12,14H,13H2,1-5H3/b19-8-. The zero-order valence-electron chi connectivity index (χ0n) is 17.7. The molecule has 0 saturated heterocycles. The number of carbonyl (C=O) groups excluding carboxylic acids is 1. The van der Waals surface area contributed by atoms with E-state index in [-0.39, 0.29) is 11.6 Å². The summed E-state index contributed by atoms with van der Waals surface area (Å²) in [6.45, 7) is 4.73. The molecule has 0 aromatic heterocycles. The molecule has 1 heterocycles. The SMILES string of the molecule is COc1cc(OC)cc(C2=N/C(=C\c3ccc(OCC(C)C)c(OC)c3)C(=O)O2)c1. The van der Waals surface area contributed by atoms with Crippen molar-refractivity contribution in [2.24, 2.45) is 10.9 Å². The molecule has 0 aliphatic carbocycles. The first-order valence-corrected chi connectivity index (χ1v) is 9.50. The van der Waals surface area contributed by atoms with Crippen molar-refractivity contribution in [3.05, 3.63) is 53.2 Å². The van der Waals surface area contributed by atoms with Crippen LogP contribution in [-0.2, 0) is 9.53 Å². The molecule has 7 heteroatoms. The molecule has 0 bridgehead atoms. The van der Waals surface area contributed by atoms with Gasteiger partial charge < -0.3 is 23.7 Å². The van der Waals surface area contributed by atoms with Gasteiger partial charge in [-0.3, -0.25) is 0 Å². The minimum atomic E-state index is -0.536. The summed E-state index contributed by atoms with van der Waals surface area (Å²) in [5.41, 5.74) is 1.51. The smallest absolute Gasteiger partial charge is 0.363 e. The number of nitrogens with zero attached hydrogens (tertiary/aromatic N) is 1. The van der Waals surface area contributed by atoms with Gasteiger partial charge in [0.1, 0.15) is 11.5 Å². The summed E-state index contributed by atoms with van der Waals surface area (Å²) < 4.78 is 27.1. The van der Waals surface area contributed by atoms with Crippen molar-refractivity contribution in [1.29, 1.82) is 0 Å². The van der Waals surface area contributed by atoms with E-state index < -0.39 is 5.97 Å². The Morgan fingerprint density at radius 3 is 2.27 bits per heavy atom. The van der Waals surface area contributed by atoms with Crippen LogP contribution in [-0.4, -0.2) is 39.8 Å². The molecular weight excluding hydrogens is 386 g/mol. The van der Waals surface area contributed by atoms with Gasteiger partial charge in [-0.2, -0.15) is 0 Å². The van der Waals surface area contributed by atoms with Crippen LogP contribution < -0.4 is 18.9 Å². The van der Waals surface area contributed by atoms with Gasteiger partial charge in [-0.15, -0.1) is 0 Å². The summed E-state index contributed by atoms with van der Waals surface area (Å²) >= 11 is 0. The molecule has 1 aliphatic heterocycles. The molecule has 1 aliphatic rings. The van der Waals surface area contributed by atoms with Gasteiger partial charge in [-0.1, -0.05) is 19.9 Å². The van der Waals surface area contributed by atoms with Crippen molar-refractivity contribution >= 4 is 17.9 Å². The lowest BCUT2D eigenvalue weighted by Crippen LogP contribution is -2.06. The van der Waals surface area contributed by atoms with Gasteiger partial charge in [-0.25, -0.2) is 9.79 Å². The number of aliphatic imine (C=N–C) groups is 1. The number of esters is 1. The predicted molar refractivity (Wildman–Crippen MR) is 113 cm³/mol. The fourth-order valence-electron chi connectivity index (χ4n) is 2.77. The van der Waals surface area contributed by atoms with Crippen LogP contribution in [0.15, 0.2) is 47.1 Å². The van der Waals surface area contributed by atoms with E-state index in [2.05, 4.69) is 18.8 Å². The topological polar surface area (TPSA) is 75.6 Å². The Kier molecular flexibility index (Phi) is 6.61. The summed E-state index contributed by atoms with van der Waals surface area (Å²) in [5.74, 6) is 2.42. The molecular formula is C23H25NO6. The molecule has 2 aromatic carbocycles. The third kappa shape index (κ3) is 4.92. The Bertz CT molecular complexity index is 971. The fraction of sp³-hybridized carbons (Fsp3) is 0.304. The Labute approximate surface area is 175 Å². The highest BCUT2D eigenvalue weighted by Crippen LogP contribution is 2.31. The molecule has 0 N–H and O–H groups in total. The molecule has 0 fully saturated rings. The molecule has 0 spiro atoms. The lowest BCUT2D eigenvalue weighted by Gasteiger charge is -2.12. The zero-order chi connectivity index (χ0) is 21.7. The third-order valence-electron chi connectivity index (χ3n) is 4.28. The van der Waals surface area contributed by atoms with Crippen molar-refractivity contribution in [2.75, 3.05) is 27.9 Å². The van der Waals surface area contributed by atoms with Gasteiger partial charge in [0.05, 0.1) is 27.9 Å². The van der Waals surface area contributed by atoms with E-state index in [0.29, 0.717) is 41.1 Å². The zero-order valence-corrected chi connectivity index (χ0v) is 17.7. The number of methoxy groups -OCH3 is 3. The first-order chi connectivity index (χ1) is 14.4. The molecule has 158 valence electrons. The number of rotatable bonds is 8. The van der Waals surface area contributed by atoms with E-state index in [1.54, 1.807) is 51.7 Å². The monoisotopic (exact) mass is 411 g/mol. The van der Waals surface area contributed by atoms with Gasteiger partial charge in [0.2, 0.25) is 5.90 Å². The van der Waals surface area contributed by atoms with E-state index in [9.17, 15) is 4.79 Å². The van der Waals surface area contributed by atoms with Gasteiger partial charge in [-0.05, 0) is 41.8 Å². The molecule has 30 heavy (non-hydrogen) atoms. The average molecular weight is 411 g/mol. The second-order valence-electron chi connectivity index (χ2n) is 7.05. The maximum Gasteiger partial charge on any atom is 0.363 e. The summed E-state index contributed by atoms with van der Waals surface area (Å²) in [6, 6.07) is 10.6. The number of carbonyl (C=O) groups is 1. The molecule has 0 amide bonds. The largest absolute Gasteiger partial charge is 0.497 e. The molecule has 2 aromatic rings. The lowest BCUT2D eigenvalue weighted by molar-refractivity contribution is -0.129. The second kappa shape index (κ2) is 9.35. The number of ether oxygens (including phenoxy) is 5. The Hall–Kier alpha value is -3.48. The molecule has 3 rings (SSSR count). The van der Waals surface area contributed by atoms with Gasteiger partial charge >= 0.3 is 5.97 Å². The highest BCUT2D eigenvalue weighted by atomic mass is 16.6. The fourth-order valence-corrected chi connectivity index (χ4v) is 2.77.